The number of carbonyl (C=O) groups excluding carboxylic acids is 2. The van der Waals surface area contributed by atoms with Crippen LogP contribution in [0.25, 0.3) is 11.1 Å². The normalized spacial score (nSPS) is 11.1. The molecule has 0 heterocycles. The second-order valence-electron chi connectivity index (χ2n) is 9.77. The molecule has 0 aliphatic rings. The van der Waals surface area contributed by atoms with Gasteiger partial charge in [0.25, 0.3) is 0 Å². The number of carbonyl (C=O) groups is 2. The van der Waals surface area contributed by atoms with Gasteiger partial charge in [-0.2, -0.15) is 0 Å². The Morgan fingerprint density at radius 2 is 1.26 bits per heavy atom. The Labute approximate surface area is 229 Å². The van der Waals surface area contributed by atoms with Crippen LogP contribution in [0, 0.1) is 18.8 Å². The summed E-state index contributed by atoms with van der Waals surface area (Å²) in [6, 6.07) is 12.1. The summed E-state index contributed by atoms with van der Waals surface area (Å²) in [5.41, 5.74) is 3.79. The van der Waals surface area contributed by atoms with E-state index in [1.54, 1.807) is 0 Å². The SMILES string of the molecule is CCCCCc1cc(OCOC(=O)C(CC)CC)c(-c2cccc(C)c2)c(OCOC(=O)C(CC)CC)c1. The van der Waals surface area contributed by atoms with Crippen molar-refractivity contribution in [3.05, 3.63) is 47.5 Å². The van der Waals surface area contributed by atoms with Crippen molar-refractivity contribution in [1.82, 2.24) is 0 Å². The maximum atomic E-state index is 12.4. The number of hydrogen-bond acceptors (Lipinski definition) is 6. The Hall–Kier alpha value is -3.02. The highest BCUT2D eigenvalue weighted by Crippen LogP contribution is 2.41. The fourth-order valence-electron chi connectivity index (χ4n) is 4.46. The number of unbranched alkanes of at least 4 members (excludes halogenated alkanes) is 2. The lowest BCUT2D eigenvalue weighted by Crippen LogP contribution is -2.20. The largest absolute Gasteiger partial charge is 0.457 e. The van der Waals surface area contributed by atoms with Crippen LogP contribution in [0.5, 0.6) is 11.5 Å². The number of hydrogen-bond donors (Lipinski definition) is 0. The monoisotopic (exact) mass is 526 g/mol. The van der Waals surface area contributed by atoms with Crippen molar-refractivity contribution in [2.45, 2.75) is 92.9 Å². The number of benzene rings is 2. The van der Waals surface area contributed by atoms with Gasteiger partial charge in [-0.1, -0.05) is 77.3 Å². The fourth-order valence-corrected chi connectivity index (χ4v) is 4.46. The highest BCUT2D eigenvalue weighted by Gasteiger charge is 2.20. The van der Waals surface area contributed by atoms with Gasteiger partial charge >= 0.3 is 11.9 Å². The van der Waals surface area contributed by atoms with Gasteiger partial charge in [-0.3, -0.25) is 9.59 Å². The van der Waals surface area contributed by atoms with Crippen LogP contribution in [-0.4, -0.2) is 25.5 Å². The van der Waals surface area contributed by atoms with Crippen LogP contribution in [0.1, 0.15) is 90.7 Å². The molecule has 0 radical (unpaired) electrons. The first-order valence-corrected chi connectivity index (χ1v) is 14.2. The molecule has 6 heteroatoms. The van der Waals surface area contributed by atoms with Crippen molar-refractivity contribution in [1.29, 1.82) is 0 Å². The molecule has 0 fully saturated rings. The molecule has 2 aromatic rings. The van der Waals surface area contributed by atoms with Gasteiger partial charge < -0.3 is 18.9 Å². The highest BCUT2D eigenvalue weighted by atomic mass is 16.7. The van der Waals surface area contributed by atoms with E-state index in [0.29, 0.717) is 11.5 Å². The summed E-state index contributed by atoms with van der Waals surface area (Å²) in [5, 5.41) is 0. The predicted molar refractivity (Wildman–Crippen MR) is 151 cm³/mol. The van der Waals surface area contributed by atoms with Crippen LogP contribution in [0.3, 0.4) is 0 Å². The molecule has 0 unspecified atom stereocenters. The van der Waals surface area contributed by atoms with Gasteiger partial charge in [0.15, 0.2) is 0 Å². The Kier molecular flexibility index (Phi) is 13.7. The summed E-state index contributed by atoms with van der Waals surface area (Å²) in [6.07, 6.45) is 7.03. The lowest BCUT2D eigenvalue weighted by Gasteiger charge is -2.20. The topological polar surface area (TPSA) is 71.1 Å². The minimum Gasteiger partial charge on any atom is -0.457 e. The second-order valence-corrected chi connectivity index (χ2v) is 9.77. The van der Waals surface area contributed by atoms with Crippen LogP contribution in [0.15, 0.2) is 36.4 Å². The summed E-state index contributed by atoms with van der Waals surface area (Å²) in [7, 11) is 0. The van der Waals surface area contributed by atoms with Gasteiger partial charge in [-0.25, -0.2) is 0 Å². The zero-order chi connectivity index (χ0) is 27.9. The molecule has 0 amide bonds. The van der Waals surface area contributed by atoms with E-state index in [2.05, 4.69) is 13.0 Å². The molecule has 6 nitrogen and oxygen atoms in total. The van der Waals surface area contributed by atoms with E-state index >= 15 is 0 Å². The van der Waals surface area contributed by atoms with E-state index in [9.17, 15) is 9.59 Å². The predicted octanol–water partition coefficient (Wildman–Crippen LogP) is 8.03. The van der Waals surface area contributed by atoms with E-state index < -0.39 is 0 Å². The van der Waals surface area contributed by atoms with Crippen molar-refractivity contribution in [3.8, 4) is 22.6 Å². The summed E-state index contributed by atoms with van der Waals surface area (Å²) in [5.74, 6) is 0.358. The van der Waals surface area contributed by atoms with Crippen LogP contribution in [-0.2, 0) is 25.5 Å². The summed E-state index contributed by atoms with van der Waals surface area (Å²) in [6.45, 7) is 11.7. The van der Waals surface area contributed by atoms with E-state index in [1.165, 1.54) is 0 Å². The van der Waals surface area contributed by atoms with Crippen LogP contribution in [0.4, 0.5) is 0 Å². The zero-order valence-electron chi connectivity index (χ0n) is 24.1. The molecule has 0 saturated carbocycles. The van der Waals surface area contributed by atoms with Crippen molar-refractivity contribution in [2.24, 2.45) is 11.8 Å². The molecule has 0 aliphatic heterocycles. The van der Waals surface area contributed by atoms with Crippen molar-refractivity contribution in [3.63, 3.8) is 0 Å². The van der Waals surface area contributed by atoms with E-state index in [0.717, 1.165) is 73.6 Å². The molecular formula is C32H46O6. The van der Waals surface area contributed by atoms with Gasteiger partial charge in [-0.05, 0) is 68.7 Å². The smallest absolute Gasteiger partial charge is 0.311 e. The molecule has 38 heavy (non-hydrogen) atoms. The number of rotatable bonds is 17. The van der Waals surface area contributed by atoms with Gasteiger partial charge in [0.05, 0.1) is 17.4 Å². The molecule has 0 saturated heterocycles. The Morgan fingerprint density at radius 3 is 1.71 bits per heavy atom. The highest BCUT2D eigenvalue weighted by molar-refractivity contribution is 5.78. The average Bonchev–Trinajstić information content (AvgIpc) is 2.90. The molecule has 2 rings (SSSR count). The third kappa shape index (κ3) is 9.38. The minimum atomic E-state index is -0.254. The second kappa shape index (κ2) is 16.7. The number of ether oxygens (including phenoxy) is 4. The third-order valence-electron chi connectivity index (χ3n) is 6.97. The van der Waals surface area contributed by atoms with Crippen LogP contribution < -0.4 is 9.47 Å². The summed E-state index contributed by atoms with van der Waals surface area (Å²) >= 11 is 0. The third-order valence-corrected chi connectivity index (χ3v) is 6.97. The number of esters is 2. The quantitative estimate of drug-likeness (QED) is 0.118. The van der Waals surface area contributed by atoms with Gasteiger partial charge in [0.2, 0.25) is 13.6 Å². The summed E-state index contributed by atoms with van der Waals surface area (Å²) in [4.78, 5) is 24.9. The molecule has 0 spiro atoms. The van der Waals surface area contributed by atoms with Gasteiger partial charge in [0, 0.05) is 0 Å². The van der Waals surface area contributed by atoms with Crippen molar-refractivity contribution >= 4 is 11.9 Å². The van der Waals surface area contributed by atoms with Crippen molar-refractivity contribution < 1.29 is 28.5 Å². The lowest BCUT2D eigenvalue weighted by atomic mass is 9.97. The lowest BCUT2D eigenvalue weighted by molar-refractivity contribution is -0.156. The first kappa shape index (κ1) is 31.2. The molecule has 0 atom stereocenters. The fraction of sp³-hybridized carbons (Fsp3) is 0.562. The van der Waals surface area contributed by atoms with Crippen LogP contribution in [0.2, 0.25) is 0 Å². The maximum absolute atomic E-state index is 12.4. The van der Waals surface area contributed by atoms with Crippen molar-refractivity contribution in [2.75, 3.05) is 13.6 Å². The molecule has 0 N–H and O–H groups in total. The Bertz CT molecular complexity index is 956. The first-order chi connectivity index (χ1) is 18.4. The molecule has 0 bridgehead atoms. The Morgan fingerprint density at radius 1 is 0.737 bits per heavy atom. The number of aryl methyl sites for hydroxylation is 2. The molecule has 0 aromatic heterocycles. The van der Waals surface area contributed by atoms with Crippen LogP contribution >= 0.6 is 0 Å². The minimum absolute atomic E-state index is 0.140. The molecular weight excluding hydrogens is 480 g/mol. The zero-order valence-corrected chi connectivity index (χ0v) is 24.1. The van der Waals surface area contributed by atoms with E-state index in [-0.39, 0.29) is 37.4 Å². The maximum Gasteiger partial charge on any atom is 0.311 e. The molecule has 210 valence electrons. The molecule has 2 aromatic carbocycles. The van der Waals surface area contributed by atoms with E-state index in [1.807, 2.05) is 65.0 Å². The average molecular weight is 527 g/mol. The standard InChI is InChI=1S/C32H46O6/c1-7-12-13-16-24-19-28(35-21-37-31(33)25(8-2)9-3)30(27-17-14-15-23(6)18-27)29(20-24)36-22-38-32(34)26(10-4)11-5/h14-15,17-20,25-26H,7-13,16,21-22H2,1-6H3. The van der Waals surface area contributed by atoms with Gasteiger partial charge in [-0.15, -0.1) is 0 Å². The van der Waals surface area contributed by atoms with E-state index in [4.69, 9.17) is 18.9 Å². The van der Waals surface area contributed by atoms with Gasteiger partial charge in [0.1, 0.15) is 11.5 Å². The first-order valence-electron chi connectivity index (χ1n) is 14.2. The molecule has 0 aliphatic carbocycles. The summed E-state index contributed by atoms with van der Waals surface area (Å²) < 4.78 is 23.1. The Balaban J connectivity index is 2.40.